The van der Waals surface area contributed by atoms with Crippen LogP contribution >= 0.6 is 11.3 Å². The van der Waals surface area contributed by atoms with Gasteiger partial charge in [0, 0.05) is 19.6 Å². The quantitative estimate of drug-likeness (QED) is 0.376. The predicted molar refractivity (Wildman–Crippen MR) is 149 cm³/mol. The Bertz CT molecular complexity index is 1510. The molecule has 4 atom stereocenters. The maximum absolute atomic E-state index is 13.7. The number of nitrogens with zero attached hydrogens (tertiary/aromatic N) is 3. The number of thiazole rings is 1. The van der Waals surface area contributed by atoms with Gasteiger partial charge in [0.1, 0.15) is 0 Å². The second kappa shape index (κ2) is 9.05. The number of hydrogen-bond acceptors (Lipinski definition) is 6. The fraction of sp³-hybridized carbons (Fsp3) is 0.400. The molecular formula is C30H30N4O3S. The third kappa shape index (κ3) is 3.85. The number of piperidine rings is 1. The lowest BCUT2D eigenvalue weighted by Crippen LogP contribution is -2.44. The molecule has 3 amide bonds. The van der Waals surface area contributed by atoms with Gasteiger partial charge in [-0.3, -0.25) is 14.4 Å². The highest BCUT2D eigenvalue weighted by Crippen LogP contribution is 2.43. The van der Waals surface area contributed by atoms with Crippen molar-refractivity contribution < 1.29 is 14.4 Å². The number of anilines is 2. The van der Waals surface area contributed by atoms with Crippen molar-refractivity contribution in [2.45, 2.75) is 32.6 Å². The van der Waals surface area contributed by atoms with E-state index in [0.29, 0.717) is 41.1 Å². The first-order chi connectivity index (χ1) is 18.5. The van der Waals surface area contributed by atoms with E-state index in [1.54, 1.807) is 23.5 Å². The normalized spacial score (nSPS) is 26.0. The number of aromatic nitrogens is 1. The third-order valence-electron chi connectivity index (χ3n) is 8.72. The highest BCUT2D eigenvalue weighted by Gasteiger charge is 2.41. The van der Waals surface area contributed by atoms with Crippen LogP contribution in [0.15, 0.2) is 48.6 Å². The molecular weight excluding hydrogens is 496 g/mol. The Morgan fingerprint density at radius 2 is 2.03 bits per heavy atom. The van der Waals surface area contributed by atoms with Gasteiger partial charge in [0.15, 0.2) is 0 Å². The van der Waals surface area contributed by atoms with Crippen molar-refractivity contribution in [1.82, 2.24) is 10.3 Å². The molecule has 2 aliphatic heterocycles. The molecule has 2 aliphatic carbocycles. The largest absolute Gasteiger partial charge is 0.370 e. The Morgan fingerprint density at radius 3 is 2.84 bits per heavy atom. The fourth-order valence-corrected chi connectivity index (χ4v) is 7.71. The lowest BCUT2D eigenvalue weighted by molar-refractivity contribution is -0.125. The average Bonchev–Trinajstić information content (AvgIpc) is 3.70. The van der Waals surface area contributed by atoms with Crippen molar-refractivity contribution in [3.8, 4) is 0 Å². The van der Waals surface area contributed by atoms with E-state index in [4.69, 9.17) is 0 Å². The molecule has 3 heterocycles. The molecule has 0 radical (unpaired) electrons. The first kappa shape index (κ1) is 23.6. The summed E-state index contributed by atoms with van der Waals surface area (Å²) in [5.74, 6) is 1.21. The number of carbonyl (C=O) groups excluding carboxylic acids is 3. The Labute approximate surface area is 225 Å². The Balaban J connectivity index is 1.10. The summed E-state index contributed by atoms with van der Waals surface area (Å²) in [6.45, 7) is 3.99. The molecule has 8 heteroatoms. The lowest BCUT2D eigenvalue weighted by Gasteiger charge is -2.35. The third-order valence-corrected chi connectivity index (χ3v) is 9.65. The zero-order chi connectivity index (χ0) is 26.0. The smallest absolute Gasteiger partial charge is 0.268 e. The standard InChI is InChI=1S/C30H30N4O3S/c1-17-32-24-10-9-22(14-26(24)38-17)34-29(36)23-5-2-6-25(27(23)30(34)37)33-11-3-4-20(16-33)28(35)31-15-21-13-18-7-8-19(21)12-18/h2,5-10,14,18-21H,3-4,11-13,15-16H2,1H3,(H,31,35)/t18-,19+,20+,21-/m1/s1. The monoisotopic (exact) mass is 526 g/mol. The van der Waals surface area contributed by atoms with Crippen molar-refractivity contribution in [3.05, 3.63) is 64.7 Å². The predicted octanol–water partition coefficient (Wildman–Crippen LogP) is 4.95. The summed E-state index contributed by atoms with van der Waals surface area (Å²) in [5.41, 5.74) is 3.03. The van der Waals surface area contributed by atoms with Gasteiger partial charge in [0.25, 0.3) is 11.8 Å². The molecule has 2 fully saturated rings. The van der Waals surface area contributed by atoms with Gasteiger partial charge in [-0.15, -0.1) is 11.3 Å². The SMILES string of the molecule is Cc1nc2ccc(N3C(=O)c4cccc(N5CCC[C@H](C(=O)NC[C@H]6C[C@@H]7C=C[C@H]6C7)C5)c4C3=O)cc2s1. The van der Waals surface area contributed by atoms with Crippen molar-refractivity contribution in [1.29, 1.82) is 0 Å². The van der Waals surface area contributed by atoms with Gasteiger partial charge < -0.3 is 10.2 Å². The van der Waals surface area contributed by atoms with Crippen LogP contribution in [0.1, 0.15) is 51.4 Å². The number of allylic oxidation sites excluding steroid dienone is 2. The van der Waals surface area contributed by atoms with E-state index in [1.807, 2.05) is 31.2 Å². The number of hydrogen-bond donors (Lipinski definition) is 1. The van der Waals surface area contributed by atoms with E-state index in [9.17, 15) is 14.4 Å². The molecule has 1 saturated heterocycles. The van der Waals surface area contributed by atoms with E-state index >= 15 is 0 Å². The summed E-state index contributed by atoms with van der Waals surface area (Å²) < 4.78 is 0.947. The van der Waals surface area contributed by atoms with E-state index in [-0.39, 0.29) is 23.6 Å². The Morgan fingerprint density at radius 1 is 1.13 bits per heavy atom. The number of nitrogens with one attached hydrogen (secondary N) is 1. The van der Waals surface area contributed by atoms with Crippen molar-refractivity contribution in [2.24, 2.45) is 23.7 Å². The topological polar surface area (TPSA) is 82.6 Å². The van der Waals surface area contributed by atoms with E-state index in [2.05, 4.69) is 27.4 Å². The van der Waals surface area contributed by atoms with Gasteiger partial charge in [-0.25, -0.2) is 9.88 Å². The minimum Gasteiger partial charge on any atom is -0.370 e. The van der Waals surface area contributed by atoms with Gasteiger partial charge in [0.05, 0.1) is 43.6 Å². The molecule has 38 heavy (non-hydrogen) atoms. The molecule has 0 spiro atoms. The number of rotatable bonds is 5. The first-order valence-corrected chi connectivity index (χ1v) is 14.4. The highest BCUT2D eigenvalue weighted by atomic mass is 32.1. The van der Waals surface area contributed by atoms with Gasteiger partial charge >= 0.3 is 0 Å². The summed E-state index contributed by atoms with van der Waals surface area (Å²) in [4.78, 5) is 48.2. The van der Waals surface area contributed by atoms with Crippen molar-refractivity contribution in [3.63, 3.8) is 0 Å². The molecule has 194 valence electrons. The zero-order valence-corrected chi connectivity index (χ0v) is 22.2. The first-order valence-electron chi connectivity index (χ1n) is 13.6. The number of aryl methyl sites for hydroxylation is 1. The van der Waals surface area contributed by atoms with E-state index in [0.717, 1.165) is 46.8 Å². The lowest BCUT2D eigenvalue weighted by atomic mass is 9.92. The van der Waals surface area contributed by atoms with Crippen LogP contribution in [0.2, 0.25) is 0 Å². The molecule has 2 bridgehead atoms. The summed E-state index contributed by atoms with van der Waals surface area (Å²) in [5, 5.41) is 4.17. The van der Waals surface area contributed by atoms with Crippen LogP contribution in [0.25, 0.3) is 10.2 Å². The number of amides is 3. The maximum atomic E-state index is 13.7. The van der Waals surface area contributed by atoms with Crippen molar-refractivity contribution in [2.75, 3.05) is 29.4 Å². The molecule has 4 aliphatic rings. The minimum atomic E-state index is -0.308. The Kier molecular flexibility index (Phi) is 5.62. The van der Waals surface area contributed by atoms with E-state index < -0.39 is 0 Å². The Hall–Kier alpha value is -3.52. The van der Waals surface area contributed by atoms with Crippen LogP contribution in [0.3, 0.4) is 0 Å². The molecule has 0 unspecified atom stereocenters. The second-order valence-corrected chi connectivity index (χ2v) is 12.3. The highest BCUT2D eigenvalue weighted by molar-refractivity contribution is 7.18. The van der Waals surface area contributed by atoms with Gasteiger partial charge in [-0.1, -0.05) is 18.2 Å². The summed E-state index contributed by atoms with van der Waals surface area (Å²) in [7, 11) is 0. The van der Waals surface area contributed by atoms with Gasteiger partial charge in [0.2, 0.25) is 5.91 Å². The van der Waals surface area contributed by atoms with Crippen LogP contribution in [0.4, 0.5) is 11.4 Å². The summed E-state index contributed by atoms with van der Waals surface area (Å²) in [6.07, 6.45) is 8.76. The second-order valence-electron chi connectivity index (χ2n) is 11.1. The molecule has 7 rings (SSSR count). The van der Waals surface area contributed by atoms with Crippen LogP contribution in [-0.2, 0) is 4.79 Å². The van der Waals surface area contributed by atoms with Crippen LogP contribution in [0, 0.1) is 30.6 Å². The average molecular weight is 527 g/mol. The number of imide groups is 1. The van der Waals surface area contributed by atoms with Crippen molar-refractivity contribution >= 4 is 50.6 Å². The molecule has 1 N–H and O–H groups in total. The number of carbonyl (C=O) groups is 3. The maximum Gasteiger partial charge on any atom is 0.268 e. The summed E-state index contributed by atoms with van der Waals surface area (Å²) in [6, 6.07) is 11.0. The molecule has 1 aromatic heterocycles. The molecule has 1 saturated carbocycles. The van der Waals surface area contributed by atoms with Crippen LogP contribution in [0.5, 0.6) is 0 Å². The molecule has 2 aromatic carbocycles. The zero-order valence-electron chi connectivity index (χ0n) is 21.4. The number of benzene rings is 2. The number of fused-ring (bicyclic) bond motifs is 4. The van der Waals surface area contributed by atoms with E-state index in [1.165, 1.54) is 17.7 Å². The minimum absolute atomic E-state index is 0.103. The van der Waals surface area contributed by atoms with Crippen LogP contribution < -0.4 is 15.1 Å². The molecule has 7 nitrogen and oxygen atoms in total. The fourth-order valence-electron chi connectivity index (χ4n) is 6.85. The summed E-state index contributed by atoms with van der Waals surface area (Å²) >= 11 is 1.55. The van der Waals surface area contributed by atoms with Gasteiger partial charge in [-0.2, -0.15) is 0 Å². The van der Waals surface area contributed by atoms with Gasteiger partial charge in [-0.05, 0) is 80.7 Å². The van der Waals surface area contributed by atoms with Crippen LogP contribution in [-0.4, -0.2) is 42.3 Å². The molecule has 3 aromatic rings.